The summed E-state index contributed by atoms with van der Waals surface area (Å²) in [6, 6.07) is 7.93. The van der Waals surface area contributed by atoms with Crippen LogP contribution in [0.2, 0.25) is 0 Å². The Morgan fingerprint density at radius 1 is 1.12 bits per heavy atom. The van der Waals surface area contributed by atoms with Gasteiger partial charge >= 0.3 is 6.09 Å². The monoisotopic (exact) mass is 333 g/mol. The standard InChI is InChI=1S/C21H35NO2/c1-6-7-8-12-17(2)13-11-15-18-14-9-10-16-19(18)22(20(23)24)21(3,4)5/h9-10,14,16-17H,6-8,11-13,15H2,1-5H3,(H,23,24). The lowest BCUT2D eigenvalue weighted by molar-refractivity contribution is 0.195. The zero-order valence-corrected chi connectivity index (χ0v) is 16.1. The average molecular weight is 334 g/mol. The van der Waals surface area contributed by atoms with Crippen molar-refractivity contribution in [3.63, 3.8) is 0 Å². The van der Waals surface area contributed by atoms with E-state index >= 15 is 0 Å². The van der Waals surface area contributed by atoms with Crippen molar-refractivity contribution in [2.75, 3.05) is 4.90 Å². The van der Waals surface area contributed by atoms with Gasteiger partial charge in [-0.15, -0.1) is 0 Å². The lowest BCUT2D eigenvalue weighted by Gasteiger charge is -2.34. The van der Waals surface area contributed by atoms with E-state index in [0.717, 1.165) is 30.0 Å². The molecule has 1 N–H and O–H groups in total. The third kappa shape index (κ3) is 6.54. The molecule has 0 fully saturated rings. The fourth-order valence-corrected chi connectivity index (χ4v) is 3.22. The van der Waals surface area contributed by atoms with E-state index in [9.17, 15) is 9.90 Å². The molecule has 1 aromatic carbocycles. The topological polar surface area (TPSA) is 40.5 Å². The number of carbonyl (C=O) groups is 1. The van der Waals surface area contributed by atoms with E-state index in [1.54, 1.807) is 0 Å². The van der Waals surface area contributed by atoms with Gasteiger partial charge in [0.05, 0.1) is 5.69 Å². The van der Waals surface area contributed by atoms with Gasteiger partial charge < -0.3 is 5.11 Å². The highest BCUT2D eigenvalue weighted by Gasteiger charge is 2.29. The third-order valence-corrected chi connectivity index (χ3v) is 4.54. The first-order valence-corrected chi connectivity index (χ1v) is 9.38. The fourth-order valence-electron chi connectivity index (χ4n) is 3.22. The summed E-state index contributed by atoms with van der Waals surface area (Å²) in [6.07, 6.45) is 7.60. The van der Waals surface area contributed by atoms with E-state index < -0.39 is 11.6 Å². The summed E-state index contributed by atoms with van der Waals surface area (Å²) in [4.78, 5) is 13.2. The van der Waals surface area contributed by atoms with E-state index in [2.05, 4.69) is 19.9 Å². The minimum Gasteiger partial charge on any atom is -0.465 e. The van der Waals surface area contributed by atoms with Crippen LogP contribution in [0.15, 0.2) is 24.3 Å². The van der Waals surface area contributed by atoms with Crippen molar-refractivity contribution in [1.82, 2.24) is 0 Å². The fraction of sp³-hybridized carbons (Fsp3) is 0.667. The second-order valence-corrected chi connectivity index (χ2v) is 7.91. The van der Waals surface area contributed by atoms with Gasteiger partial charge in [-0.25, -0.2) is 4.79 Å². The molecule has 136 valence electrons. The minimum atomic E-state index is -0.886. The number of nitrogens with zero attached hydrogens (tertiary/aromatic N) is 1. The number of rotatable bonds is 9. The second kappa shape index (κ2) is 9.71. The van der Waals surface area contributed by atoms with Crippen molar-refractivity contribution in [2.24, 2.45) is 5.92 Å². The van der Waals surface area contributed by atoms with E-state index in [1.807, 2.05) is 39.0 Å². The molecule has 3 heteroatoms. The number of hydrogen-bond acceptors (Lipinski definition) is 1. The van der Waals surface area contributed by atoms with Crippen LogP contribution in [0.5, 0.6) is 0 Å². The molecule has 1 amide bonds. The van der Waals surface area contributed by atoms with Crippen LogP contribution in [0.25, 0.3) is 0 Å². The molecule has 0 saturated carbocycles. The third-order valence-electron chi connectivity index (χ3n) is 4.54. The van der Waals surface area contributed by atoms with Crippen molar-refractivity contribution in [2.45, 2.75) is 85.1 Å². The molecule has 0 saturated heterocycles. The lowest BCUT2D eigenvalue weighted by atomic mass is 9.95. The molecule has 0 aliphatic carbocycles. The van der Waals surface area contributed by atoms with Gasteiger partial charge in [0.25, 0.3) is 0 Å². The van der Waals surface area contributed by atoms with Crippen LogP contribution in [0.4, 0.5) is 10.5 Å². The summed E-state index contributed by atoms with van der Waals surface area (Å²) in [6.45, 7) is 10.4. The summed E-state index contributed by atoms with van der Waals surface area (Å²) in [5.41, 5.74) is 1.52. The van der Waals surface area contributed by atoms with Crippen LogP contribution < -0.4 is 4.90 Å². The molecule has 0 heterocycles. The van der Waals surface area contributed by atoms with Crippen LogP contribution in [0.3, 0.4) is 0 Å². The summed E-state index contributed by atoms with van der Waals surface area (Å²) >= 11 is 0. The number of hydrogen-bond donors (Lipinski definition) is 1. The molecular weight excluding hydrogens is 298 g/mol. The highest BCUT2D eigenvalue weighted by atomic mass is 16.4. The lowest BCUT2D eigenvalue weighted by Crippen LogP contribution is -2.45. The van der Waals surface area contributed by atoms with Gasteiger partial charge in [0.15, 0.2) is 0 Å². The van der Waals surface area contributed by atoms with Gasteiger partial charge in [-0.05, 0) is 51.2 Å². The molecule has 1 aromatic rings. The number of benzene rings is 1. The number of amides is 1. The Balaban J connectivity index is 2.71. The maximum Gasteiger partial charge on any atom is 0.412 e. The Bertz CT molecular complexity index is 505. The molecule has 0 aliphatic heterocycles. The number of aryl methyl sites for hydroxylation is 1. The predicted molar refractivity (Wildman–Crippen MR) is 103 cm³/mol. The first kappa shape index (κ1) is 20.5. The van der Waals surface area contributed by atoms with Crippen LogP contribution >= 0.6 is 0 Å². The molecule has 0 radical (unpaired) electrons. The molecule has 1 atom stereocenters. The summed E-state index contributed by atoms with van der Waals surface area (Å²) in [5, 5.41) is 9.65. The van der Waals surface area contributed by atoms with Crippen molar-refractivity contribution >= 4 is 11.8 Å². The Hall–Kier alpha value is -1.51. The Labute approximate surface area is 148 Å². The largest absolute Gasteiger partial charge is 0.465 e. The van der Waals surface area contributed by atoms with Crippen LogP contribution in [0.1, 0.15) is 78.7 Å². The first-order valence-electron chi connectivity index (χ1n) is 9.38. The van der Waals surface area contributed by atoms with Gasteiger partial charge in [0.1, 0.15) is 0 Å². The Morgan fingerprint density at radius 3 is 2.33 bits per heavy atom. The maximum atomic E-state index is 11.8. The number of carboxylic acid groups (broad SMARTS) is 1. The van der Waals surface area contributed by atoms with E-state index in [-0.39, 0.29) is 0 Å². The molecule has 0 aromatic heterocycles. The molecule has 0 aliphatic rings. The van der Waals surface area contributed by atoms with Crippen LogP contribution in [0, 0.1) is 5.92 Å². The van der Waals surface area contributed by atoms with E-state index in [0.29, 0.717) is 0 Å². The zero-order chi connectivity index (χ0) is 18.2. The van der Waals surface area contributed by atoms with E-state index in [1.165, 1.54) is 37.0 Å². The molecular formula is C21H35NO2. The van der Waals surface area contributed by atoms with Gasteiger partial charge in [-0.3, -0.25) is 4.90 Å². The summed E-state index contributed by atoms with van der Waals surface area (Å²) in [7, 11) is 0. The zero-order valence-electron chi connectivity index (χ0n) is 16.1. The van der Waals surface area contributed by atoms with Crippen LogP contribution in [-0.2, 0) is 6.42 Å². The smallest absolute Gasteiger partial charge is 0.412 e. The minimum absolute atomic E-state index is 0.449. The van der Waals surface area contributed by atoms with Crippen molar-refractivity contribution < 1.29 is 9.90 Å². The number of para-hydroxylation sites is 1. The number of unbranched alkanes of at least 4 members (excludes halogenated alkanes) is 2. The number of anilines is 1. The molecule has 0 bridgehead atoms. The van der Waals surface area contributed by atoms with Crippen molar-refractivity contribution in [3.05, 3.63) is 29.8 Å². The van der Waals surface area contributed by atoms with Crippen molar-refractivity contribution in [1.29, 1.82) is 0 Å². The van der Waals surface area contributed by atoms with Gasteiger partial charge in [-0.2, -0.15) is 0 Å². The SMILES string of the molecule is CCCCCC(C)CCCc1ccccc1N(C(=O)O)C(C)(C)C. The molecule has 3 nitrogen and oxygen atoms in total. The van der Waals surface area contributed by atoms with Gasteiger partial charge in [-0.1, -0.05) is 64.2 Å². The Kier molecular flexibility index (Phi) is 8.30. The Morgan fingerprint density at radius 2 is 1.75 bits per heavy atom. The summed E-state index contributed by atoms with van der Waals surface area (Å²) < 4.78 is 0. The predicted octanol–water partition coefficient (Wildman–Crippen LogP) is 6.51. The highest BCUT2D eigenvalue weighted by Crippen LogP contribution is 2.29. The normalized spacial score (nSPS) is 12.9. The van der Waals surface area contributed by atoms with Gasteiger partial charge in [0, 0.05) is 5.54 Å². The summed E-state index contributed by atoms with van der Waals surface area (Å²) in [5.74, 6) is 0.752. The van der Waals surface area contributed by atoms with Crippen molar-refractivity contribution in [3.8, 4) is 0 Å². The molecule has 24 heavy (non-hydrogen) atoms. The second-order valence-electron chi connectivity index (χ2n) is 7.91. The molecule has 1 rings (SSSR count). The average Bonchev–Trinajstić information content (AvgIpc) is 2.47. The molecule has 1 unspecified atom stereocenters. The van der Waals surface area contributed by atoms with Gasteiger partial charge in [0.2, 0.25) is 0 Å². The quantitative estimate of drug-likeness (QED) is 0.523. The highest BCUT2D eigenvalue weighted by molar-refractivity contribution is 5.88. The van der Waals surface area contributed by atoms with Crippen LogP contribution in [-0.4, -0.2) is 16.7 Å². The molecule has 0 spiro atoms. The first-order chi connectivity index (χ1) is 11.3. The van der Waals surface area contributed by atoms with E-state index in [4.69, 9.17) is 0 Å². The maximum absolute atomic E-state index is 11.8.